The van der Waals surface area contributed by atoms with Gasteiger partial charge in [-0.15, -0.1) is 11.6 Å². The first kappa shape index (κ1) is 13.9. The Balaban J connectivity index is 3.33. The van der Waals surface area contributed by atoms with Crippen molar-refractivity contribution in [3.63, 3.8) is 0 Å². The topological polar surface area (TPSA) is 61.5 Å². The number of esters is 1. The van der Waals surface area contributed by atoms with Crippen molar-refractivity contribution < 1.29 is 18.7 Å². The third-order valence-corrected chi connectivity index (χ3v) is 2.34. The quantitative estimate of drug-likeness (QED) is 0.523. The first-order chi connectivity index (χ1) is 8.02. The van der Waals surface area contributed by atoms with Crippen LogP contribution in [0.15, 0.2) is 6.07 Å². The minimum atomic E-state index is -0.933. The number of anilines is 1. The SMILES string of the molecule is COC(=O)c1c(F)c(Cl)cc(N)c1OCCCl. The van der Waals surface area contributed by atoms with Gasteiger partial charge in [-0.3, -0.25) is 0 Å². The fourth-order valence-corrected chi connectivity index (χ4v) is 1.50. The normalized spacial score (nSPS) is 10.1. The van der Waals surface area contributed by atoms with Gasteiger partial charge in [0.05, 0.1) is 23.7 Å². The van der Waals surface area contributed by atoms with Crippen LogP contribution in [-0.2, 0) is 4.74 Å². The number of nitrogen functional groups attached to an aromatic ring is 1. The molecule has 1 rings (SSSR count). The maximum absolute atomic E-state index is 13.7. The zero-order valence-electron chi connectivity index (χ0n) is 8.93. The van der Waals surface area contributed by atoms with Crippen LogP contribution in [0.3, 0.4) is 0 Å². The van der Waals surface area contributed by atoms with Crippen LogP contribution in [0.2, 0.25) is 5.02 Å². The molecule has 2 N–H and O–H groups in total. The highest BCUT2D eigenvalue weighted by Gasteiger charge is 2.24. The van der Waals surface area contributed by atoms with E-state index in [-0.39, 0.29) is 28.9 Å². The Hall–Kier alpha value is -1.20. The molecule has 0 amide bonds. The van der Waals surface area contributed by atoms with Gasteiger partial charge in [-0.05, 0) is 6.07 Å². The third kappa shape index (κ3) is 2.92. The molecule has 0 bridgehead atoms. The maximum Gasteiger partial charge on any atom is 0.344 e. The predicted octanol–water partition coefficient (Wildman–Crippen LogP) is 2.47. The molecule has 1 aromatic carbocycles. The highest BCUT2D eigenvalue weighted by molar-refractivity contribution is 6.31. The third-order valence-electron chi connectivity index (χ3n) is 1.91. The molecular weight excluding hydrogens is 272 g/mol. The number of alkyl halides is 1. The lowest BCUT2D eigenvalue weighted by Gasteiger charge is -2.13. The van der Waals surface area contributed by atoms with E-state index in [1.807, 2.05) is 0 Å². The first-order valence-corrected chi connectivity index (χ1v) is 5.48. The number of carbonyl (C=O) groups excluding carboxylic acids is 1. The molecule has 0 aromatic heterocycles. The van der Waals surface area contributed by atoms with Crippen molar-refractivity contribution in [2.24, 2.45) is 0 Å². The molecule has 0 unspecified atom stereocenters. The van der Waals surface area contributed by atoms with E-state index >= 15 is 0 Å². The zero-order valence-corrected chi connectivity index (χ0v) is 10.4. The van der Waals surface area contributed by atoms with Crippen molar-refractivity contribution in [2.75, 3.05) is 25.3 Å². The number of carbonyl (C=O) groups is 1. The monoisotopic (exact) mass is 281 g/mol. The van der Waals surface area contributed by atoms with E-state index in [1.54, 1.807) is 0 Å². The summed E-state index contributed by atoms with van der Waals surface area (Å²) in [5, 5.41) is -0.277. The largest absolute Gasteiger partial charge is 0.489 e. The standard InChI is InChI=1S/C10H10Cl2FNO3/c1-16-10(15)7-8(13)5(12)4-6(14)9(7)17-3-2-11/h4H,2-3,14H2,1H3. The number of halogens is 3. The number of benzene rings is 1. The predicted molar refractivity (Wildman–Crippen MR) is 63.4 cm³/mol. The molecule has 0 saturated carbocycles. The van der Waals surface area contributed by atoms with Crippen molar-refractivity contribution in [1.29, 1.82) is 0 Å². The molecule has 0 aliphatic heterocycles. The average molecular weight is 282 g/mol. The van der Waals surface area contributed by atoms with E-state index < -0.39 is 17.3 Å². The summed E-state index contributed by atoms with van der Waals surface area (Å²) in [5.74, 6) is -1.79. The fraction of sp³-hybridized carbons (Fsp3) is 0.300. The smallest absolute Gasteiger partial charge is 0.344 e. The molecule has 0 heterocycles. The highest BCUT2D eigenvalue weighted by atomic mass is 35.5. The second-order valence-electron chi connectivity index (χ2n) is 2.99. The molecule has 0 fully saturated rings. The molecule has 0 spiro atoms. The summed E-state index contributed by atoms with van der Waals surface area (Å²) in [6, 6.07) is 1.16. The summed E-state index contributed by atoms with van der Waals surface area (Å²) >= 11 is 11.0. The Labute approximate surface area is 107 Å². The van der Waals surface area contributed by atoms with E-state index in [1.165, 1.54) is 0 Å². The number of ether oxygens (including phenoxy) is 2. The van der Waals surface area contributed by atoms with Crippen molar-refractivity contribution in [3.8, 4) is 5.75 Å². The van der Waals surface area contributed by atoms with Crippen LogP contribution in [-0.4, -0.2) is 25.6 Å². The molecule has 0 atom stereocenters. The second kappa shape index (κ2) is 5.93. The highest BCUT2D eigenvalue weighted by Crippen LogP contribution is 2.34. The fourth-order valence-electron chi connectivity index (χ4n) is 1.21. The minimum Gasteiger partial charge on any atom is -0.489 e. The summed E-state index contributed by atoms with van der Waals surface area (Å²) in [7, 11) is 1.12. The van der Waals surface area contributed by atoms with E-state index in [4.69, 9.17) is 33.7 Å². The molecule has 1 aromatic rings. The Kier molecular flexibility index (Phi) is 4.84. The lowest BCUT2D eigenvalue weighted by atomic mass is 10.1. The summed E-state index contributed by atoms with van der Waals surface area (Å²) in [6.45, 7) is 0.0802. The molecule has 0 saturated heterocycles. The van der Waals surface area contributed by atoms with Crippen molar-refractivity contribution in [1.82, 2.24) is 0 Å². The average Bonchev–Trinajstić information content (AvgIpc) is 2.31. The molecule has 4 nitrogen and oxygen atoms in total. The van der Waals surface area contributed by atoms with Crippen LogP contribution in [0.4, 0.5) is 10.1 Å². The lowest BCUT2D eigenvalue weighted by molar-refractivity contribution is 0.0591. The van der Waals surface area contributed by atoms with Crippen molar-refractivity contribution in [2.45, 2.75) is 0 Å². The van der Waals surface area contributed by atoms with Gasteiger partial charge in [-0.1, -0.05) is 11.6 Å². The van der Waals surface area contributed by atoms with Gasteiger partial charge in [-0.25, -0.2) is 9.18 Å². The molecule has 0 aliphatic rings. The Bertz CT molecular complexity index is 440. The van der Waals surface area contributed by atoms with Gasteiger partial charge < -0.3 is 15.2 Å². The van der Waals surface area contributed by atoms with Crippen LogP contribution in [0.25, 0.3) is 0 Å². The van der Waals surface area contributed by atoms with Gasteiger partial charge in [-0.2, -0.15) is 0 Å². The summed E-state index contributed by atoms with van der Waals surface area (Å²) in [6.07, 6.45) is 0. The maximum atomic E-state index is 13.7. The Morgan fingerprint density at radius 2 is 2.24 bits per heavy atom. The van der Waals surface area contributed by atoms with Crippen LogP contribution < -0.4 is 10.5 Å². The van der Waals surface area contributed by atoms with Crippen molar-refractivity contribution in [3.05, 3.63) is 22.5 Å². The first-order valence-electron chi connectivity index (χ1n) is 4.57. The summed E-state index contributed by atoms with van der Waals surface area (Å²) in [4.78, 5) is 11.4. The number of methoxy groups -OCH3 is 1. The Morgan fingerprint density at radius 1 is 1.59 bits per heavy atom. The molecule has 0 aliphatic carbocycles. The van der Waals surface area contributed by atoms with E-state index in [9.17, 15) is 9.18 Å². The summed E-state index contributed by atoms with van der Waals surface area (Å²) < 4.78 is 23.3. The Morgan fingerprint density at radius 3 is 2.76 bits per heavy atom. The van der Waals surface area contributed by atoms with Crippen LogP contribution in [0.1, 0.15) is 10.4 Å². The molecule has 94 valence electrons. The number of hydrogen-bond acceptors (Lipinski definition) is 4. The van der Waals surface area contributed by atoms with Gasteiger partial charge in [0.2, 0.25) is 0 Å². The van der Waals surface area contributed by atoms with E-state index in [2.05, 4.69) is 4.74 Å². The molecule has 17 heavy (non-hydrogen) atoms. The van der Waals surface area contributed by atoms with Gasteiger partial charge in [0.1, 0.15) is 12.2 Å². The van der Waals surface area contributed by atoms with Gasteiger partial charge in [0, 0.05) is 0 Å². The van der Waals surface area contributed by atoms with Gasteiger partial charge >= 0.3 is 5.97 Å². The molecular formula is C10H10Cl2FNO3. The minimum absolute atomic E-state index is 0.0434. The van der Waals surface area contributed by atoms with Crippen LogP contribution in [0, 0.1) is 5.82 Å². The van der Waals surface area contributed by atoms with E-state index in [0.717, 1.165) is 13.2 Å². The van der Waals surface area contributed by atoms with Crippen molar-refractivity contribution >= 4 is 34.9 Å². The lowest BCUT2D eigenvalue weighted by Crippen LogP contribution is -2.12. The number of nitrogens with two attached hydrogens (primary N) is 1. The van der Waals surface area contributed by atoms with Crippen LogP contribution >= 0.6 is 23.2 Å². The second-order valence-corrected chi connectivity index (χ2v) is 3.78. The van der Waals surface area contributed by atoms with Crippen LogP contribution in [0.5, 0.6) is 5.75 Å². The number of hydrogen-bond donors (Lipinski definition) is 1. The zero-order chi connectivity index (χ0) is 13.0. The van der Waals surface area contributed by atoms with Gasteiger partial charge in [0.15, 0.2) is 11.6 Å². The molecule has 7 heteroatoms. The molecule has 0 radical (unpaired) electrons. The summed E-state index contributed by atoms with van der Waals surface area (Å²) in [5.41, 5.74) is 5.21. The number of rotatable bonds is 4. The van der Waals surface area contributed by atoms with E-state index in [0.29, 0.717) is 0 Å². The van der Waals surface area contributed by atoms with Gasteiger partial charge in [0.25, 0.3) is 0 Å².